The highest BCUT2D eigenvalue weighted by atomic mass is 16.6. The van der Waals surface area contributed by atoms with E-state index in [0.717, 1.165) is 103 Å². The van der Waals surface area contributed by atoms with Crippen molar-refractivity contribution in [2.75, 3.05) is 13.2 Å². The lowest BCUT2D eigenvalue weighted by Gasteiger charge is -2.18. The molecule has 1 unspecified atom stereocenters. The Morgan fingerprint density at radius 2 is 0.726 bits per heavy atom. The number of carbonyl (C=O) groups is 3. The summed E-state index contributed by atoms with van der Waals surface area (Å²) >= 11 is 0. The molecule has 62 heavy (non-hydrogen) atoms. The van der Waals surface area contributed by atoms with Crippen molar-refractivity contribution >= 4 is 17.9 Å². The molecule has 0 aliphatic heterocycles. The number of esters is 3. The SMILES string of the molecule is CC\C=C/C=C\C=C/CCCCCCCC(=O)OC(COC(=O)CC/C=C\C/C=C\CCCCCCCC)COC(=O)CCCCCCC\C=C/C=C\C=C/CCCCCCC. The summed E-state index contributed by atoms with van der Waals surface area (Å²) in [7, 11) is 0. The first-order valence-electron chi connectivity index (χ1n) is 25.3. The van der Waals surface area contributed by atoms with E-state index in [1.54, 1.807) is 0 Å². The molecular weight excluding hydrogens is 769 g/mol. The Balaban J connectivity index is 4.51. The van der Waals surface area contributed by atoms with Gasteiger partial charge >= 0.3 is 17.9 Å². The highest BCUT2D eigenvalue weighted by molar-refractivity contribution is 5.71. The lowest BCUT2D eigenvalue weighted by atomic mass is 10.1. The molecule has 1 atom stereocenters. The van der Waals surface area contributed by atoms with Crippen molar-refractivity contribution < 1.29 is 28.6 Å². The minimum Gasteiger partial charge on any atom is -0.462 e. The molecule has 0 aromatic heterocycles. The Kier molecular flexibility index (Phi) is 47.0. The second kappa shape index (κ2) is 50.0. The maximum atomic E-state index is 12.8. The van der Waals surface area contributed by atoms with E-state index in [0.29, 0.717) is 12.8 Å². The predicted molar refractivity (Wildman–Crippen MR) is 265 cm³/mol. The minimum absolute atomic E-state index is 0.115. The summed E-state index contributed by atoms with van der Waals surface area (Å²) < 4.78 is 16.7. The predicted octanol–water partition coefficient (Wildman–Crippen LogP) is 16.6. The fraction of sp³-hybridized carbons (Fsp3) is 0.661. The first-order valence-corrected chi connectivity index (χ1v) is 25.3. The molecule has 0 aromatic carbocycles. The van der Waals surface area contributed by atoms with Crippen LogP contribution in [0.4, 0.5) is 0 Å². The molecule has 0 fully saturated rings. The van der Waals surface area contributed by atoms with Crippen LogP contribution in [0.3, 0.4) is 0 Å². The van der Waals surface area contributed by atoms with Gasteiger partial charge in [0.05, 0.1) is 0 Å². The molecule has 6 heteroatoms. The summed E-state index contributed by atoms with van der Waals surface area (Å²) in [5, 5.41) is 0. The molecule has 0 heterocycles. The Morgan fingerprint density at radius 1 is 0.355 bits per heavy atom. The van der Waals surface area contributed by atoms with E-state index in [1.165, 1.54) is 70.6 Å². The first kappa shape index (κ1) is 58.3. The zero-order valence-corrected chi connectivity index (χ0v) is 40.1. The van der Waals surface area contributed by atoms with E-state index in [4.69, 9.17) is 14.2 Å². The summed E-state index contributed by atoms with van der Waals surface area (Å²) in [6.07, 6.45) is 65.4. The van der Waals surface area contributed by atoms with Crippen LogP contribution in [0.15, 0.2) is 97.2 Å². The first-order chi connectivity index (χ1) is 30.5. The van der Waals surface area contributed by atoms with E-state index in [2.05, 4.69) is 106 Å². The average Bonchev–Trinajstić information content (AvgIpc) is 3.27. The Morgan fingerprint density at radius 3 is 1.19 bits per heavy atom. The highest BCUT2D eigenvalue weighted by Gasteiger charge is 2.19. The molecule has 0 aromatic rings. The maximum absolute atomic E-state index is 12.8. The van der Waals surface area contributed by atoms with Crippen LogP contribution in [0.25, 0.3) is 0 Å². The average molecular weight is 861 g/mol. The third-order valence-corrected chi connectivity index (χ3v) is 10.4. The van der Waals surface area contributed by atoms with Crippen LogP contribution in [-0.2, 0) is 28.6 Å². The summed E-state index contributed by atoms with van der Waals surface area (Å²) in [6.45, 7) is 6.38. The largest absolute Gasteiger partial charge is 0.462 e. The van der Waals surface area contributed by atoms with Gasteiger partial charge in [0.1, 0.15) is 13.2 Å². The van der Waals surface area contributed by atoms with Crippen molar-refractivity contribution in [2.45, 2.75) is 226 Å². The monoisotopic (exact) mass is 861 g/mol. The number of rotatable bonds is 44. The lowest BCUT2D eigenvalue weighted by Crippen LogP contribution is -2.30. The van der Waals surface area contributed by atoms with Crippen LogP contribution in [-0.4, -0.2) is 37.2 Å². The van der Waals surface area contributed by atoms with Crippen LogP contribution in [0, 0.1) is 0 Å². The fourth-order valence-corrected chi connectivity index (χ4v) is 6.61. The topological polar surface area (TPSA) is 78.9 Å². The van der Waals surface area contributed by atoms with Gasteiger partial charge in [-0.25, -0.2) is 0 Å². The highest BCUT2D eigenvalue weighted by Crippen LogP contribution is 2.12. The van der Waals surface area contributed by atoms with Crippen LogP contribution in [0.1, 0.15) is 220 Å². The van der Waals surface area contributed by atoms with E-state index in [-0.39, 0.29) is 44.0 Å². The molecular formula is C56H92O6. The van der Waals surface area contributed by atoms with Crippen molar-refractivity contribution in [3.05, 3.63) is 97.2 Å². The molecule has 0 spiro atoms. The second-order valence-corrected chi connectivity index (χ2v) is 16.5. The molecule has 0 aliphatic rings. The van der Waals surface area contributed by atoms with Crippen LogP contribution in [0.2, 0.25) is 0 Å². The van der Waals surface area contributed by atoms with Crippen molar-refractivity contribution in [2.24, 2.45) is 0 Å². The van der Waals surface area contributed by atoms with Gasteiger partial charge < -0.3 is 14.2 Å². The van der Waals surface area contributed by atoms with E-state index >= 15 is 0 Å². The Bertz CT molecular complexity index is 1260. The molecule has 0 N–H and O–H groups in total. The molecule has 0 bridgehead atoms. The molecule has 352 valence electrons. The summed E-state index contributed by atoms with van der Waals surface area (Å²) in [5.41, 5.74) is 0. The van der Waals surface area contributed by atoms with Gasteiger partial charge in [-0.15, -0.1) is 0 Å². The maximum Gasteiger partial charge on any atom is 0.306 e. The molecule has 0 amide bonds. The third-order valence-electron chi connectivity index (χ3n) is 10.4. The Hall–Kier alpha value is -3.67. The number of carbonyl (C=O) groups excluding carboxylic acids is 3. The standard InChI is InChI=1S/C56H92O6/c1-4-7-10-13-16-19-22-25-26-27-28-29-32-34-37-40-43-46-49-55(58)61-52-53(62-56(59)50-47-44-41-38-35-31-24-21-18-15-12-9-6-3)51-60-54(57)48-45-42-39-36-33-30-23-20-17-14-11-8-5-2/h9,12,15,18,21-22,24-30,33,39,42,53H,4-8,10-11,13-14,16-17,19-20,23,31-32,34-38,40-41,43-52H2,1-3H3/b12-9-,18-15-,24-21-,25-22-,27-26-,29-28-,33-30-,42-39-. The van der Waals surface area contributed by atoms with E-state index in [9.17, 15) is 14.4 Å². The van der Waals surface area contributed by atoms with Crippen molar-refractivity contribution in [3.8, 4) is 0 Å². The van der Waals surface area contributed by atoms with Gasteiger partial charge in [0.15, 0.2) is 6.10 Å². The normalized spacial score (nSPS) is 12.9. The van der Waals surface area contributed by atoms with Crippen LogP contribution >= 0.6 is 0 Å². The number of hydrogen-bond donors (Lipinski definition) is 0. The van der Waals surface area contributed by atoms with Gasteiger partial charge in [0.2, 0.25) is 0 Å². The van der Waals surface area contributed by atoms with Crippen molar-refractivity contribution in [1.82, 2.24) is 0 Å². The van der Waals surface area contributed by atoms with Gasteiger partial charge in [0, 0.05) is 19.3 Å². The number of unbranched alkanes of at least 4 members (excludes halogenated alkanes) is 21. The van der Waals surface area contributed by atoms with Crippen LogP contribution < -0.4 is 0 Å². The summed E-state index contributed by atoms with van der Waals surface area (Å²) in [4.78, 5) is 37.9. The number of allylic oxidation sites excluding steroid dienone is 16. The molecule has 0 aliphatic carbocycles. The van der Waals surface area contributed by atoms with Gasteiger partial charge in [0.25, 0.3) is 0 Å². The smallest absolute Gasteiger partial charge is 0.306 e. The second-order valence-electron chi connectivity index (χ2n) is 16.5. The van der Waals surface area contributed by atoms with Crippen molar-refractivity contribution in [3.63, 3.8) is 0 Å². The summed E-state index contributed by atoms with van der Waals surface area (Å²) in [6, 6.07) is 0. The van der Waals surface area contributed by atoms with E-state index < -0.39 is 6.10 Å². The van der Waals surface area contributed by atoms with Gasteiger partial charge in [-0.1, -0.05) is 214 Å². The molecule has 0 saturated carbocycles. The molecule has 6 nitrogen and oxygen atoms in total. The third kappa shape index (κ3) is 47.4. The number of ether oxygens (including phenoxy) is 3. The lowest BCUT2D eigenvalue weighted by molar-refractivity contribution is -0.166. The van der Waals surface area contributed by atoms with Crippen LogP contribution in [0.5, 0.6) is 0 Å². The van der Waals surface area contributed by atoms with E-state index in [1.807, 2.05) is 12.2 Å². The zero-order chi connectivity index (χ0) is 45.1. The quantitative estimate of drug-likeness (QED) is 0.0200. The van der Waals surface area contributed by atoms with Gasteiger partial charge in [-0.05, 0) is 83.5 Å². The minimum atomic E-state index is -0.819. The summed E-state index contributed by atoms with van der Waals surface area (Å²) in [5.74, 6) is -1.03. The molecule has 0 radical (unpaired) electrons. The fourth-order valence-electron chi connectivity index (χ4n) is 6.61. The number of hydrogen-bond acceptors (Lipinski definition) is 6. The van der Waals surface area contributed by atoms with Gasteiger partial charge in [-0.3, -0.25) is 14.4 Å². The molecule has 0 rings (SSSR count). The zero-order valence-electron chi connectivity index (χ0n) is 40.1. The molecule has 0 saturated heterocycles. The van der Waals surface area contributed by atoms with Crippen molar-refractivity contribution in [1.29, 1.82) is 0 Å². The van der Waals surface area contributed by atoms with Gasteiger partial charge in [-0.2, -0.15) is 0 Å². The Labute approximate surface area is 381 Å².